The molecule has 0 aliphatic carbocycles. The van der Waals surface area contributed by atoms with E-state index in [-0.39, 0.29) is 11.6 Å². The molecule has 2 aromatic carbocycles. The van der Waals surface area contributed by atoms with Crippen LogP contribution in [-0.4, -0.2) is 5.78 Å². The summed E-state index contributed by atoms with van der Waals surface area (Å²) >= 11 is 0. The maximum atomic E-state index is 13.1. The fraction of sp³-hybridized carbons (Fsp3) is 0.235. The van der Waals surface area contributed by atoms with E-state index in [0.717, 1.165) is 0 Å². The van der Waals surface area contributed by atoms with E-state index < -0.39 is 0 Å². The van der Waals surface area contributed by atoms with E-state index in [9.17, 15) is 9.18 Å². The standard InChI is InChI=1S/C17H17FO/c1-12-5-3-6-13(2)16(12)9-10-17(19)14-7-4-8-15(18)11-14/h3-8,11H,9-10H2,1-2H3. The van der Waals surface area contributed by atoms with Gasteiger partial charge in [0.05, 0.1) is 0 Å². The van der Waals surface area contributed by atoms with Gasteiger partial charge in [0.2, 0.25) is 0 Å². The summed E-state index contributed by atoms with van der Waals surface area (Å²) in [6, 6.07) is 12.0. The second-order valence-corrected chi connectivity index (χ2v) is 4.80. The number of rotatable bonds is 4. The summed E-state index contributed by atoms with van der Waals surface area (Å²) in [7, 11) is 0. The van der Waals surface area contributed by atoms with Crippen LogP contribution in [0.5, 0.6) is 0 Å². The number of aryl methyl sites for hydroxylation is 2. The van der Waals surface area contributed by atoms with Gasteiger partial charge in [-0.2, -0.15) is 0 Å². The summed E-state index contributed by atoms with van der Waals surface area (Å²) < 4.78 is 13.1. The van der Waals surface area contributed by atoms with Gasteiger partial charge in [-0.1, -0.05) is 30.3 Å². The van der Waals surface area contributed by atoms with Gasteiger partial charge < -0.3 is 0 Å². The molecule has 2 rings (SSSR count). The number of halogens is 1. The minimum absolute atomic E-state index is 0.0119. The lowest BCUT2D eigenvalue weighted by atomic mass is 9.96. The molecule has 0 atom stereocenters. The fourth-order valence-electron chi connectivity index (χ4n) is 2.29. The van der Waals surface area contributed by atoms with Gasteiger partial charge in [-0.3, -0.25) is 4.79 Å². The van der Waals surface area contributed by atoms with Crippen molar-refractivity contribution in [1.29, 1.82) is 0 Å². The number of carbonyl (C=O) groups is 1. The summed E-state index contributed by atoms with van der Waals surface area (Å²) in [4.78, 5) is 12.0. The molecule has 0 heterocycles. The van der Waals surface area contributed by atoms with E-state index >= 15 is 0 Å². The molecule has 0 aliphatic rings. The first-order chi connectivity index (χ1) is 9.08. The van der Waals surface area contributed by atoms with Crippen molar-refractivity contribution in [2.24, 2.45) is 0 Å². The Labute approximate surface area is 113 Å². The van der Waals surface area contributed by atoms with E-state index in [1.807, 2.05) is 6.07 Å². The lowest BCUT2D eigenvalue weighted by Gasteiger charge is -2.09. The van der Waals surface area contributed by atoms with Crippen LogP contribution < -0.4 is 0 Å². The Morgan fingerprint density at radius 2 is 1.68 bits per heavy atom. The number of hydrogen-bond acceptors (Lipinski definition) is 1. The lowest BCUT2D eigenvalue weighted by Crippen LogP contribution is -2.03. The number of ketones is 1. The van der Waals surface area contributed by atoms with Gasteiger partial charge in [0.25, 0.3) is 0 Å². The highest BCUT2D eigenvalue weighted by Gasteiger charge is 2.09. The summed E-state index contributed by atoms with van der Waals surface area (Å²) in [6.45, 7) is 4.10. The number of carbonyl (C=O) groups excluding carboxylic acids is 1. The number of Topliss-reactive ketones (excluding diaryl/α,β-unsaturated/α-hetero) is 1. The first kappa shape index (κ1) is 13.5. The van der Waals surface area contributed by atoms with Crippen molar-refractivity contribution < 1.29 is 9.18 Å². The highest BCUT2D eigenvalue weighted by atomic mass is 19.1. The third kappa shape index (κ3) is 3.28. The lowest BCUT2D eigenvalue weighted by molar-refractivity contribution is 0.0982. The zero-order valence-electron chi connectivity index (χ0n) is 11.2. The van der Waals surface area contributed by atoms with Gasteiger partial charge in [0, 0.05) is 12.0 Å². The quantitative estimate of drug-likeness (QED) is 0.747. The highest BCUT2D eigenvalue weighted by Crippen LogP contribution is 2.17. The van der Waals surface area contributed by atoms with Crippen LogP contribution in [0.2, 0.25) is 0 Å². The topological polar surface area (TPSA) is 17.1 Å². The Hall–Kier alpha value is -1.96. The minimum Gasteiger partial charge on any atom is -0.294 e. The molecule has 0 bridgehead atoms. The van der Waals surface area contributed by atoms with Crippen LogP contribution in [0.4, 0.5) is 4.39 Å². The molecule has 0 amide bonds. The van der Waals surface area contributed by atoms with Gasteiger partial charge >= 0.3 is 0 Å². The Bertz CT molecular complexity index is 582. The van der Waals surface area contributed by atoms with Crippen molar-refractivity contribution >= 4 is 5.78 Å². The van der Waals surface area contributed by atoms with Crippen molar-refractivity contribution in [2.45, 2.75) is 26.7 Å². The molecule has 19 heavy (non-hydrogen) atoms. The second-order valence-electron chi connectivity index (χ2n) is 4.80. The van der Waals surface area contributed by atoms with Gasteiger partial charge in [-0.15, -0.1) is 0 Å². The molecule has 0 aliphatic heterocycles. The smallest absolute Gasteiger partial charge is 0.163 e. The maximum absolute atomic E-state index is 13.1. The van der Waals surface area contributed by atoms with Crippen LogP contribution in [0.3, 0.4) is 0 Å². The van der Waals surface area contributed by atoms with Crippen LogP contribution in [0, 0.1) is 19.7 Å². The Morgan fingerprint density at radius 1 is 1.05 bits per heavy atom. The highest BCUT2D eigenvalue weighted by molar-refractivity contribution is 5.96. The van der Waals surface area contributed by atoms with Gasteiger partial charge in [-0.05, 0) is 49.1 Å². The SMILES string of the molecule is Cc1cccc(C)c1CCC(=O)c1cccc(F)c1. The second kappa shape index (κ2) is 5.79. The summed E-state index contributed by atoms with van der Waals surface area (Å²) in [5.74, 6) is -0.375. The third-order valence-corrected chi connectivity index (χ3v) is 3.39. The molecule has 0 N–H and O–H groups in total. The summed E-state index contributed by atoms with van der Waals surface area (Å²) in [6.07, 6.45) is 1.11. The van der Waals surface area contributed by atoms with Gasteiger partial charge in [0.15, 0.2) is 5.78 Å². The van der Waals surface area contributed by atoms with E-state index in [1.165, 1.54) is 28.8 Å². The monoisotopic (exact) mass is 256 g/mol. The van der Waals surface area contributed by atoms with E-state index in [4.69, 9.17) is 0 Å². The number of benzene rings is 2. The van der Waals surface area contributed by atoms with E-state index in [1.54, 1.807) is 12.1 Å². The van der Waals surface area contributed by atoms with Crippen LogP contribution in [-0.2, 0) is 6.42 Å². The first-order valence-electron chi connectivity index (χ1n) is 6.42. The predicted octanol–water partition coefficient (Wildman–Crippen LogP) is 4.26. The largest absolute Gasteiger partial charge is 0.294 e. The molecule has 1 nitrogen and oxygen atoms in total. The fourth-order valence-corrected chi connectivity index (χ4v) is 2.29. The van der Waals surface area contributed by atoms with E-state index in [2.05, 4.69) is 26.0 Å². The Kier molecular flexibility index (Phi) is 4.10. The van der Waals surface area contributed by atoms with Crippen molar-refractivity contribution in [3.05, 3.63) is 70.5 Å². The zero-order valence-corrected chi connectivity index (χ0v) is 11.2. The van der Waals surface area contributed by atoms with Crippen LogP contribution in [0.1, 0.15) is 33.5 Å². The zero-order chi connectivity index (χ0) is 13.8. The van der Waals surface area contributed by atoms with Crippen molar-refractivity contribution in [1.82, 2.24) is 0 Å². The molecular weight excluding hydrogens is 239 g/mol. The molecule has 0 saturated carbocycles. The molecule has 0 aromatic heterocycles. The molecular formula is C17H17FO. The Balaban J connectivity index is 2.09. The minimum atomic E-state index is -0.363. The number of hydrogen-bond donors (Lipinski definition) is 0. The third-order valence-electron chi connectivity index (χ3n) is 3.39. The van der Waals surface area contributed by atoms with Crippen molar-refractivity contribution in [3.63, 3.8) is 0 Å². The van der Waals surface area contributed by atoms with Gasteiger partial charge in [0.1, 0.15) is 5.82 Å². The average Bonchev–Trinajstić information content (AvgIpc) is 2.38. The average molecular weight is 256 g/mol. The molecule has 0 radical (unpaired) electrons. The Morgan fingerprint density at radius 3 is 2.32 bits per heavy atom. The molecule has 2 aromatic rings. The maximum Gasteiger partial charge on any atom is 0.163 e. The first-order valence-corrected chi connectivity index (χ1v) is 6.42. The normalized spacial score (nSPS) is 10.5. The van der Waals surface area contributed by atoms with Crippen molar-refractivity contribution in [2.75, 3.05) is 0 Å². The molecule has 0 fully saturated rings. The predicted molar refractivity (Wildman–Crippen MR) is 75.0 cm³/mol. The molecule has 0 spiro atoms. The molecule has 98 valence electrons. The molecule has 0 unspecified atom stereocenters. The molecule has 2 heteroatoms. The van der Waals surface area contributed by atoms with Crippen molar-refractivity contribution in [3.8, 4) is 0 Å². The summed E-state index contributed by atoms with van der Waals surface area (Å²) in [5.41, 5.74) is 4.07. The van der Waals surface area contributed by atoms with Crippen LogP contribution in [0.25, 0.3) is 0 Å². The van der Waals surface area contributed by atoms with Crippen LogP contribution >= 0.6 is 0 Å². The van der Waals surface area contributed by atoms with E-state index in [0.29, 0.717) is 18.4 Å². The van der Waals surface area contributed by atoms with Gasteiger partial charge in [-0.25, -0.2) is 4.39 Å². The van der Waals surface area contributed by atoms with Crippen LogP contribution in [0.15, 0.2) is 42.5 Å². The summed E-state index contributed by atoms with van der Waals surface area (Å²) in [5, 5.41) is 0. The molecule has 0 saturated heterocycles.